The quantitative estimate of drug-likeness (QED) is 0.711. The summed E-state index contributed by atoms with van der Waals surface area (Å²) in [6.07, 6.45) is 3.63. The van der Waals surface area contributed by atoms with E-state index in [1.54, 1.807) is 6.07 Å². The normalized spacial score (nSPS) is 17.8. The maximum atomic E-state index is 10.6. The molecule has 0 aromatic heterocycles. The molecule has 0 bridgehead atoms. The van der Waals surface area contributed by atoms with Crippen LogP contribution in [0.2, 0.25) is 0 Å². The third-order valence-corrected chi connectivity index (χ3v) is 5.74. The average Bonchev–Trinajstić information content (AvgIpc) is 3.19. The first-order chi connectivity index (χ1) is 12.2. The van der Waals surface area contributed by atoms with Gasteiger partial charge in [0.05, 0.1) is 0 Å². The Bertz CT molecular complexity index is 793. The first-order valence-corrected chi connectivity index (χ1v) is 9.64. The molecule has 2 aliphatic heterocycles. The van der Waals surface area contributed by atoms with Crippen molar-refractivity contribution in [3.63, 3.8) is 0 Å². The van der Waals surface area contributed by atoms with Crippen LogP contribution < -0.4 is 14.4 Å². The van der Waals surface area contributed by atoms with E-state index in [1.165, 1.54) is 30.5 Å². The van der Waals surface area contributed by atoms with Crippen LogP contribution in [0.1, 0.15) is 43.2 Å². The van der Waals surface area contributed by atoms with Crippen molar-refractivity contribution in [1.82, 2.24) is 0 Å². The molecule has 132 valence electrons. The molecule has 0 saturated carbocycles. The number of phenols is 1. The van der Waals surface area contributed by atoms with Gasteiger partial charge in [-0.25, -0.2) is 0 Å². The van der Waals surface area contributed by atoms with Crippen LogP contribution in [0.3, 0.4) is 0 Å². The molecule has 5 heteroatoms. The molecule has 2 aromatic rings. The van der Waals surface area contributed by atoms with E-state index in [1.807, 2.05) is 6.07 Å². The molecule has 2 aromatic carbocycles. The van der Waals surface area contributed by atoms with Gasteiger partial charge in [0.25, 0.3) is 0 Å². The molecular formula is C20H22BrNO3. The van der Waals surface area contributed by atoms with Gasteiger partial charge in [0, 0.05) is 40.8 Å². The summed E-state index contributed by atoms with van der Waals surface area (Å²) >= 11 is 3.72. The van der Waals surface area contributed by atoms with E-state index in [0.29, 0.717) is 11.5 Å². The number of hydrogen-bond donors (Lipinski definition) is 1. The van der Waals surface area contributed by atoms with Crippen molar-refractivity contribution in [3.8, 4) is 17.2 Å². The van der Waals surface area contributed by atoms with Gasteiger partial charge < -0.3 is 19.5 Å². The number of anilines is 1. The van der Waals surface area contributed by atoms with Gasteiger partial charge in [-0.15, -0.1) is 0 Å². The molecule has 25 heavy (non-hydrogen) atoms. The molecule has 0 spiro atoms. The van der Waals surface area contributed by atoms with Gasteiger partial charge >= 0.3 is 0 Å². The summed E-state index contributed by atoms with van der Waals surface area (Å²) in [5.74, 6) is 1.71. The van der Waals surface area contributed by atoms with Crippen LogP contribution in [0.15, 0.2) is 34.8 Å². The number of phenolic OH excluding ortho intramolecular Hbond substituents is 1. The fraction of sp³-hybridized carbons (Fsp3) is 0.400. The largest absolute Gasteiger partial charge is 0.508 e. The molecule has 2 aliphatic rings. The van der Waals surface area contributed by atoms with E-state index in [-0.39, 0.29) is 18.5 Å². The molecule has 1 atom stereocenters. The van der Waals surface area contributed by atoms with E-state index in [9.17, 15) is 5.11 Å². The minimum atomic E-state index is 0.113. The maximum Gasteiger partial charge on any atom is 0.231 e. The Morgan fingerprint density at radius 3 is 2.80 bits per heavy atom. The number of unbranched alkanes of at least 4 members (excludes halogenated alkanes) is 2. The van der Waals surface area contributed by atoms with Gasteiger partial charge in [0.15, 0.2) is 11.5 Å². The number of halogens is 1. The second kappa shape index (κ2) is 6.79. The van der Waals surface area contributed by atoms with Gasteiger partial charge in [-0.1, -0.05) is 41.8 Å². The highest BCUT2D eigenvalue weighted by atomic mass is 79.9. The van der Waals surface area contributed by atoms with Crippen LogP contribution in [-0.4, -0.2) is 25.0 Å². The molecule has 4 nitrogen and oxygen atoms in total. The molecule has 4 rings (SSSR count). The minimum Gasteiger partial charge on any atom is -0.508 e. The predicted octanol–water partition coefficient (Wildman–Crippen LogP) is 5.03. The number of ether oxygens (including phenoxy) is 2. The van der Waals surface area contributed by atoms with Crippen molar-refractivity contribution >= 4 is 21.6 Å². The summed E-state index contributed by atoms with van der Waals surface area (Å²) in [6.45, 7) is 4.35. The third-order valence-electron chi connectivity index (χ3n) is 5.05. The Balaban J connectivity index is 1.72. The topological polar surface area (TPSA) is 41.9 Å². The number of rotatable bonds is 5. The lowest BCUT2D eigenvalue weighted by molar-refractivity contribution is 0.174. The lowest BCUT2D eigenvalue weighted by atomic mass is 9.92. The second-order valence-electron chi connectivity index (χ2n) is 6.64. The van der Waals surface area contributed by atoms with Crippen LogP contribution >= 0.6 is 15.9 Å². The Morgan fingerprint density at radius 1 is 1.20 bits per heavy atom. The van der Waals surface area contributed by atoms with Crippen LogP contribution in [0.4, 0.5) is 5.69 Å². The zero-order valence-corrected chi connectivity index (χ0v) is 15.9. The average molecular weight is 404 g/mol. The summed E-state index contributed by atoms with van der Waals surface area (Å²) in [6, 6.07) is 9.94. The van der Waals surface area contributed by atoms with Crippen LogP contribution in [0.5, 0.6) is 17.2 Å². The van der Waals surface area contributed by atoms with E-state index in [0.717, 1.165) is 23.1 Å². The van der Waals surface area contributed by atoms with Gasteiger partial charge in [-0.05, 0) is 30.2 Å². The van der Waals surface area contributed by atoms with Crippen molar-refractivity contribution < 1.29 is 14.6 Å². The number of aromatic hydroxyl groups is 1. The van der Waals surface area contributed by atoms with Crippen LogP contribution in [0.25, 0.3) is 0 Å². The van der Waals surface area contributed by atoms with E-state index in [4.69, 9.17) is 9.47 Å². The second-order valence-corrected chi connectivity index (χ2v) is 7.50. The number of benzene rings is 2. The lowest BCUT2D eigenvalue weighted by Gasteiger charge is -2.20. The summed E-state index contributed by atoms with van der Waals surface area (Å²) in [5.41, 5.74) is 3.40. The summed E-state index contributed by atoms with van der Waals surface area (Å²) in [4.78, 5) is 2.43. The first kappa shape index (κ1) is 16.6. The number of nitrogens with zero attached hydrogens (tertiary/aromatic N) is 1. The highest BCUT2D eigenvalue weighted by Gasteiger charge is 2.34. The van der Waals surface area contributed by atoms with Crippen molar-refractivity contribution in [2.45, 2.75) is 32.1 Å². The van der Waals surface area contributed by atoms with E-state index < -0.39 is 0 Å². The molecule has 0 saturated heterocycles. The first-order valence-electron chi connectivity index (χ1n) is 8.85. The Hall–Kier alpha value is -1.88. The Labute approximate surface area is 156 Å². The number of hydrogen-bond acceptors (Lipinski definition) is 4. The maximum absolute atomic E-state index is 10.6. The van der Waals surface area contributed by atoms with Crippen molar-refractivity contribution in [3.05, 3.63) is 45.9 Å². The van der Waals surface area contributed by atoms with E-state index in [2.05, 4.69) is 46.0 Å². The van der Waals surface area contributed by atoms with Crippen molar-refractivity contribution in [1.29, 1.82) is 0 Å². The molecule has 0 fully saturated rings. The smallest absolute Gasteiger partial charge is 0.231 e. The number of fused-ring (bicyclic) bond motifs is 2. The zero-order valence-electron chi connectivity index (χ0n) is 14.3. The summed E-state index contributed by atoms with van der Waals surface area (Å²) in [5, 5.41) is 10.6. The Kier molecular flexibility index (Phi) is 4.50. The summed E-state index contributed by atoms with van der Waals surface area (Å²) in [7, 11) is 0. The standard InChI is InChI=1S/C20H22BrNO3/c1-2-3-4-8-22-11-14(20-15(21)6-5-7-16(20)22)13-9-18-19(10-17(13)23)25-12-24-18/h5-7,9-10,14,23H,2-4,8,11-12H2,1H3. The fourth-order valence-electron chi connectivity index (χ4n) is 3.80. The molecule has 2 heterocycles. The van der Waals surface area contributed by atoms with Crippen molar-refractivity contribution in [2.24, 2.45) is 0 Å². The zero-order chi connectivity index (χ0) is 17.4. The molecule has 1 unspecified atom stereocenters. The van der Waals surface area contributed by atoms with Crippen LogP contribution in [-0.2, 0) is 0 Å². The van der Waals surface area contributed by atoms with Gasteiger partial charge in [-0.3, -0.25) is 0 Å². The SMILES string of the molecule is CCCCCN1CC(c2cc3c(cc2O)OCO3)c2c(Br)cccc21. The summed E-state index contributed by atoms with van der Waals surface area (Å²) < 4.78 is 12.0. The molecule has 0 radical (unpaired) electrons. The molecule has 0 aliphatic carbocycles. The third kappa shape index (κ3) is 2.95. The molecule has 0 amide bonds. The van der Waals surface area contributed by atoms with Gasteiger partial charge in [-0.2, -0.15) is 0 Å². The highest BCUT2D eigenvalue weighted by Crippen LogP contribution is 2.49. The van der Waals surface area contributed by atoms with Crippen molar-refractivity contribution in [2.75, 3.05) is 24.8 Å². The minimum absolute atomic E-state index is 0.113. The van der Waals surface area contributed by atoms with Crippen LogP contribution in [0, 0.1) is 0 Å². The van der Waals surface area contributed by atoms with Gasteiger partial charge in [0.1, 0.15) is 5.75 Å². The van der Waals surface area contributed by atoms with Gasteiger partial charge in [0.2, 0.25) is 6.79 Å². The lowest BCUT2D eigenvalue weighted by Crippen LogP contribution is -2.23. The fourth-order valence-corrected chi connectivity index (χ4v) is 4.43. The molecule has 1 N–H and O–H groups in total. The van der Waals surface area contributed by atoms with E-state index >= 15 is 0 Å². The monoisotopic (exact) mass is 403 g/mol. The predicted molar refractivity (Wildman–Crippen MR) is 102 cm³/mol. The molecular weight excluding hydrogens is 382 g/mol. The Morgan fingerprint density at radius 2 is 2.00 bits per heavy atom. The highest BCUT2D eigenvalue weighted by molar-refractivity contribution is 9.10.